The standard InChI is InChI=1S/C15H22O/c1-9-5-6-10-13(2,3)11-7-15(9,10)8-12-14(11,4)16-12/h10-12H,1,5-8H2,2-4H3/t10-,11-,12?,14+,15-/m0/s1. The van der Waals surface area contributed by atoms with Crippen molar-refractivity contribution in [3.8, 4) is 0 Å². The Morgan fingerprint density at radius 3 is 2.69 bits per heavy atom. The zero-order valence-corrected chi connectivity index (χ0v) is 10.7. The fraction of sp³-hybridized carbons (Fsp3) is 0.867. The maximum atomic E-state index is 6.05. The van der Waals surface area contributed by atoms with E-state index in [0.29, 0.717) is 16.9 Å². The van der Waals surface area contributed by atoms with Crippen LogP contribution in [0.25, 0.3) is 0 Å². The SMILES string of the molecule is C=C1CC[C@H]2C(C)(C)[C@@H]3C[C@]12CC1O[C@@]13C. The average Bonchev–Trinajstić information content (AvgIpc) is 2.67. The van der Waals surface area contributed by atoms with Crippen LogP contribution in [0.1, 0.15) is 46.5 Å². The molecular formula is C15H22O. The first-order valence-corrected chi connectivity index (χ1v) is 6.77. The highest BCUT2D eigenvalue weighted by atomic mass is 16.6. The average molecular weight is 218 g/mol. The minimum atomic E-state index is 0.222. The number of rotatable bonds is 0. The monoisotopic (exact) mass is 218 g/mol. The van der Waals surface area contributed by atoms with E-state index in [-0.39, 0.29) is 5.60 Å². The first-order valence-electron chi connectivity index (χ1n) is 6.77. The van der Waals surface area contributed by atoms with E-state index in [4.69, 9.17) is 4.74 Å². The first kappa shape index (κ1) is 9.70. The van der Waals surface area contributed by atoms with Crippen molar-refractivity contribution in [1.82, 2.24) is 0 Å². The Bertz CT molecular complexity index is 396. The summed E-state index contributed by atoms with van der Waals surface area (Å²) in [6.07, 6.45) is 5.82. The van der Waals surface area contributed by atoms with E-state index in [1.165, 1.54) is 25.7 Å². The van der Waals surface area contributed by atoms with Crippen LogP contribution in [0.3, 0.4) is 0 Å². The second kappa shape index (κ2) is 2.29. The molecule has 3 aliphatic carbocycles. The van der Waals surface area contributed by atoms with Gasteiger partial charge in [0, 0.05) is 0 Å². The summed E-state index contributed by atoms with van der Waals surface area (Å²) >= 11 is 0. The fourth-order valence-corrected chi connectivity index (χ4v) is 5.80. The molecular weight excluding hydrogens is 196 g/mol. The number of allylic oxidation sites excluding steroid dienone is 1. The van der Waals surface area contributed by atoms with E-state index in [2.05, 4.69) is 27.4 Å². The molecule has 1 aliphatic heterocycles. The van der Waals surface area contributed by atoms with Crippen LogP contribution >= 0.6 is 0 Å². The van der Waals surface area contributed by atoms with E-state index >= 15 is 0 Å². The van der Waals surface area contributed by atoms with Crippen molar-refractivity contribution in [1.29, 1.82) is 0 Å². The zero-order chi connectivity index (χ0) is 11.3. The molecule has 0 radical (unpaired) electrons. The third kappa shape index (κ3) is 0.766. The van der Waals surface area contributed by atoms with Gasteiger partial charge >= 0.3 is 0 Å². The minimum Gasteiger partial charge on any atom is -0.366 e. The molecule has 88 valence electrons. The van der Waals surface area contributed by atoms with Gasteiger partial charge in [0.2, 0.25) is 0 Å². The summed E-state index contributed by atoms with van der Waals surface area (Å²) in [5.41, 5.74) is 2.69. The van der Waals surface area contributed by atoms with E-state index in [1.54, 1.807) is 5.57 Å². The molecule has 4 rings (SSSR count). The molecule has 5 atom stereocenters. The van der Waals surface area contributed by atoms with Crippen LogP contribution in [0, 0.1) is 22.7 Å². The fourth-order valence-electron chi connectivity index (χ4n) is 5.80. The van der Waals surface area contributed by atoms with Gasteiger partial charge in [-0.25, -0.2) is 0 Å². The molecule has 0 aromatic carbocycles. The predicted octanol–water partition coefficient (Wildman–Crippen LogP) is 3.55. The van der Waals surface area contributed by atoms with Gasteiger partial charge < -0.3 is 4.74 Å². The van der Waals surface area contributed by atoms with Crippen LogP contribution in [0.5, 0.6) is 0 Å². The summed E-state index contributed by atoms with van der Waals surface area (Å²) in [7, 11) is 0. The van der Waals surface area contributed by atoms with Crippen LogP contribution in [-0.4, -0.2) is 11.7 Å². The van der Waals surface area contributed by atoms with Crippen molar-refractivity contribution in [2.75, 3.05) is 0 Å². The summed E-state index contributed by atoms with van der Waals surface area (Å²) < 4.78 is 6.05. The Morgan fingerprint density at radius 1 is 1.19 bits per heavy atom. The third-order valence-electron chi connectivity index (χ3n) is 6.69. The largest absolute Gasteiger partial charge is 0.366 e. The molecule has 0 aromatic rings. The molecule has 1 heteroatoms. The van der Waals surface area contributed by atoms with E-state index in [0.717, 1.165) is 11.8 Å². The summed E-state index contributed by atoms with van der Waals surface area (Å²) in [5, 5.41) is 0. The molecule has 0 aromatic heterocycles. The Labute approximate surface area is 98.2 Å². The maximum Gasteiger partial charge on any atom is 0.0954 e. The van der Waals surface area contributed by atoms with Gasteiger partial charge in [0.25, 0.3) is 0 Å². The lowest BCUT2D eigenvalue weighted by atomic mass is 9.68. The highest BCUT2D eigenvalue weighted by Gasteiger charge is 2.76. The lowest BCUT2D eigenvalue weighted by Gasteiger charge is -2.35. The molecule has 1 nitrogen and oxygen atoms in total. The van der Waals surface area contributed by atoms with E-state index in [9.17, 15) is 0 Å². The highest BCUT2D eigenvalue weighted by Crippen LogP contribution is 2.77. The number of ether oxygens (including phenoxy) is 1. The van der Waals surface area contributed by atoms with Gasteiger partial charge in [0.05, 0.1) is 11.7 Å². The quantitative estimate of drug-likeness (QED) is 0.447. The van der Waals surface area contributed by atoms with Crippen LogP contribution in [0.2, 0.25) is 0 Å². The number of epoxide rings is 1. The number of hydrogen-bond acceptors (Lipinski definition) is 1. The van der Waals surface area contributed by atoms with Crippen molar-refractivity contribution >= 4 is 0 Å². The lowest BCUT2D eigenvalue weighted by Crippen LogP contribution is -2.35. The third-order valence-corrected chi connectivity index (χ3v) is 6.69. The number of fused-ring (bicyclic) bond motifs is 3. The second-order valence-corrected chi connectivity index (χ2v) is 7.42. The van der Waals surface area contributed by atoms with Crippen molar-refractivity contribution in [3.05, 3.63) is 12.2 Å². The smallest absolute Gasteiger partial charge is 0.0954 e. The maximum absolute atomic E-state index is 6.05. The normalized spacial score (nSPS) is 60.7. The van der Waals surface area contributed by atoms with E-state index < -0.39 is 0 Å². The molecule has 1 spiro atoms. The molecule has 1 saturated heterocycles. The molecule has 16 heavy (non-hydrogen) atoms. The van der Waals surface area contributed by atoms with Gasteiger partial charge in [-0.15, -0.1) is 0 Å². The van der Waals surface area contributed by atoms with Crippen molar-refractivity contribution in [3.63, 3.8) is 0 Å². The van der Waals surface area contributed by atoms with Gasteiger partial charge in [-0.2, -0.15) is 0 Å². The molecule has 1 heterocycles. The molecule has 4 aliphatic rings. The summed E-state index contributed by atoms with van der Waals surface area (Å²) in [6, 6.07) is 0. The van der Waals surface area contributed by atoms with Gasteiger partial charge in [-0.05, 0) is 55.3 Å². The van der Waals surface area contributed by atoms with Gasteiger partial charge in [-0.3, -0.25) is 0 Å². The van der Waals surface area contributed by atoms with E-state index in [1.807, 2.05) is 0 Å². The van der Waals surface area contributed by atoms with Crippen molar-refractivity contribution in [2.45, 2.75) is 58.2 Å². The first-order chi connectivity index (χ1) is 7.41. The van der Waals surface area contributed by atoms with Gasteiger partial charge in [0.15, 0.2) is 0 Å². The Kier molecular flexibility index (Phi) is 1.39. The molecule has 1 unspecified atom stereocenters. The van der Waals surface area contributed by atoms with Crippen molar-refractivity contribution < 1.29 is 4.74 Å². The summed E-state index contributed by atoms with van der Waals surface area (Å²) in [4.78, 5) is 0. The van der Waals surface area contributed by atoms with Crippen LogP contribution in [0.15, 0.2) is 12.2 Å². The Balaban J connectivity index is 1.88. The molecule has 0 N–H and O–H groups in total. The second-order valence-electron chi connectivity index (χ2n) is 7.42. The molecule has 3 saturated carbocycles. The molecule has 0 amide bonds. The zero-order valence-electron chi connectivity index (χ0n) is 10.7. The van der Waals surface area contributed by atoms with Crippen molar-refractivity contribution in [2.24, 2.45) is 22.7 Å². The van der Waals surface area contributed by atoms with Crippen LogP contribution in [-0.2, 0) is 4.74 Å². The lowest BCUT2D eigenvalue weighted by molar-refractivity contribution is 0.0966. The molecule has 4 fully saturated rings. The Morgan fingerprint density at radius 2 is 1.94 bits per heavy atom. The minimum absolute atomic E-state index is 0.222. The number of hydrogen-bond donors (Lipinski definition) is 0. The van der Waals surface area contributed by atoms with Crippen LogP contribution in [0.4, 0.5) is 0 Å². The molecule has 2 bridgehead atoms. The Hall–Kier alpha value is -0.300. The van der Waals surface area contributed by atoms with Gasteiger partial charge in [-0.1, -0.05) is 26.0 Å². The summed E-state index contributed by atoms with van der Waals surface area (Å²) in [6.45, 7) is 11.7. The van der Waals surface area contributed by atoms with Gasteiger partial charge in [0.1, 0.15) is 0 Å². The summed E-state index contributed by atoms with van der Waals surface area (Å²) in [5.74, 6) is 1.64. The predicted molar refractivity (Wildman–Crippen MR) is 64.1 cm³/mol. The van der Waals surface area contributed by atoms with Crippen LogP contribution < -0.4 is 0 Å². The topological polar surface area (TPSA) is 12.5 Å². The highest BCUT2D eigenvalue weighted by molar-refractivity contribution is 5.33.